The molecule has 1 aromatic carbocycles. The molecular formula is C22H23FN8O2S. The number of halogens is 1. The molecule has 4 aromatic rings. The van der Waals surface area contributed by atoms with Crippen LogP contribution in [-0.4, -0.2) is 48.5 Å². The summed E-state index contributed by atoms with van der Waals surface area (Å²) in [6.07, 6.45) is 1.61. The minimum Gasteiger partial charge on any atom is -0.340 e. The number of rotatable bonds is 7. The van der Waals surface area contributed by atoms with Crippen molar-refractivity contribution < 1.29 is 14.0 Å². The summed E-state index contributed by atoms with van der Waals surface area (Å²) in [6.45, 7) is 4.21. The first-order valence-corrected chi connectivity index (χ1v) is 11.3. The maximum atomic E-state index is 13.2. The van der Waals surface area contributed by atoms with E-state index >= 15 is 0 Å². The lowest BCUT2D eigenvalue weighted by molar-refractivity contribution is -0.129. The van der Waals surface area contributed by atoms with E-state index in [0.717, 1.165) is 17.0 Å². The molecule has 0 aliphatic rings. The molecule has 0 fully saturated rings. The van der Waals surface area contributed by atoms with Gasteiger partial charge in [-0.2, -0.15) is 10.1 Å². The molecule has 0 radical (unpaired) electrons. The fraction of sp³-hybridized carbons (Fsp3) is 0.273. The SMILES string of the molecule is Cc1nc2ncnn2c(C)c1CC(=O)N(C)Cc1csc(NC(=O)NCc2cccc(F)c2)n1. The Balaban J connectivity index is 1.32. The molecule has 0 spiro atoms. The number of thiazole rings is 1. The van der Waals surface area contributed by atoms with E-state index in [2.05, 4.69) is 30.7 Å². The Kier molecular flexibility index (Phi) is 6.77. The van der Waals surface area contributed by atoms with Crippen molar-refractivity contribution in [2.75, 3.05) is 12.4 Å². The molecule has 0 saturated heterocycles. The van der Waals surface area contributed by atoms with Crippen molar-refractivity contribution in [1.82, 2.24) is 34.8 Å². The van der Waals surface area contributed by atoms with E-state index in [0.29, 0.717) is 28.7 Å². The van der Waals surface area contributed by atoms with Crippen LogP contribution in [0.4, 0.5) is 14.3 Å². The van der Waals surface area contributed by atoms with E-state index < -0.39 is 6.03 Å². The van der Waals surface area contributed by atoms with Gasteiger partial charge in [-0.1, -0.05) is 12.1 Å². The predicted molar refractivity (Wildman–Crippen MR) is 125 cm³/mol. The molecule has 0 bridgehead atoms. The summed E-state index contributed by atoms with van der Waals surface area (Å²) in [4.78, 5) is 39.4. The van der Waals surface area contributed by atoms with Gasteiger partial charge >= 0.3 is 6.03 Å². The molecule has 3 amide bonds. The normalized spacial score (nSPS) is 10.9. The number of aryl methyl sites for hydroxylation is 2. The highest BCUT2D eigenvalue weighted by Crippen LogP contribution is 2.18. The Morgan fingerprint density at radius 2 is 2.06 bits per heavy atom. The quantitative estimate of drug-likeness (QED) is 0.418. The summed E-state index contributed by atoms with van der Waals surface area (Å²) in [5, 5.41) is 11.7. The molecule has 0 aliphatic carbocycles. The number of benzene rings is 1. The van der Waals surface area contributed by atoms with Crippen molar-refractivity contribution in [3.05, 3.63) is 70.0 Å². The summed E-state index contributed by atoms with van der Waals surface area (Å²) < 4.78 is 14.9. The molecule has 12 heteroatoms. The van der Waals surface area contributed by atoms with Crippen molar-refractivity contribution in [3.8, 4) is 0 Å². The van der Waals surface area contributed by atoms with Gasteiger partial charge in [0.2, 0.25) is 5.91 Å². The number of urea groups is 1. The Labute approximate surface area is 198 Å². The fourth-order valence-corrected chi connectivity index (χ4v) is 4.13. The third-order valence-corrected chi connectivity index (χ3v) is 6.06. The molecular weight excluding hydrogens is 459 g/mol. The molecule has 3 aromatic heterocycles. The number of fused-ring (bicyclic) bond motifs is 1. The standard InChI is InChI=1S/C22H23FN8O2S/c1-13-18(14(2)31-20(27-13)25-12-26-31)8-19(32)30(3)10-17-11-34-22(28-17)29-21(33)24-9-15-5-4-6-16(23)7-15/h4-7,11-12H,8-10H2,1-3H3,(H2,24,28,29,33). The molecule has 0 unspecified atom stereocenters. The van der Waals surface area contributed by atoms with Crippen molar-refractivity contribution in [3.63, 3.8) is 0 Å². The van der Waals surface area contributed by atoms with Crippen LogP contribution in [0.3, 0.4) is 0 Å². The molecule has 3 heterocycles. The number of hydrogen-bond donors (Lipinski definition) is 2. The monoisotopic (exact) mass is 482 g/mol. The van der Waals surface area contributed by atoms with Crippen molar-refractivity contribution in [2.24, 2.45) is 0 Å². The number of carbonyl (C=O) groups is 2. The number of carbonyl (C=O) groups excluding carboxylic acids is 2. The van der Waals surface area contributed by atoms with Gasteiger partial charge < -0.3 is 10.2 Å². The molecule has 0 saturated carbocycles. The Morgan fingerprint density at radius 1 is 1.24 bits per heavy atom. The van der Waals surface area contributed by atoms with Crippen LogP contribution in [0.2, 0.25) is 0 Å². The molecule has 176 valence electrons. The van der Waals surface area contributed by atoms with Gasteiger partial charge in [0.25, 0.3) is 5.78 Å². The van der Waals surface area contributed by atoms with Crippen molar-refractivity contribution in [1.29, 1.82) is 0 Å². The predicted octanol–water partition coefficient (Wildman–Crippen LogP) is 2.86. The zero-order valence-corrected chi connectivity index (χ0v) is 19.7. The van der Waals surface area contributed by atoms with Gasteiger partial charge in [0.1, 0.15) is 12.1 Å². The second kappa shape index (κ2) is 9.91. The molecule has 0 aliphatic heterocycles. The molecule has 2 N–H and O–H groups in total. The molecule has 10 nitrogen and oxygen atoms in total. The van der Waals surface area contributed by atoms with Crippen LogP contribution in [0.1, 0.15) is 28.2 Å². The largest absolute Gasteiger partial charge is 0.340 e. The van der Waals surface area contributed by atoms with E-state index in [9.17, 15) is 14.0 Å². The third kappa shape index (κ3) is 5.34. The van der Waals surface area contributed by atoms with Gasteiger partial charge in [-0.3, -0.25) is 10.1 Å². The minimum atomic E-state index is -0.448. The molecule has 0 atom stereocenters. The van der Waals surface area contributed by atoms with Crippen LogP contribution in [0.15, 0.2) is 36.0 Å². The maximum absolute atomic E-state index is 13.2. The third-order valence-electron chi connectivity index (χ3n) is 5.26. The highest BCUT2D eigenvalue weighted by molar-refractivity contribution is 7.13. The second-order valence-corrected chi connectivity index (χ2v) is 8.60. The van der Waals surface area contributed by atoms with Gasteiger partial charge in [0.15, 0.2) is 5.13 Å². The number of amides is 3. The first-order chi connectivity index (χ1) is 16.3. The summed E-state index contributed by atoms with van der Waals surface area (Å²) in [6, 6.07) is 5.56. The lowest BCUT2D eigenvalue weighted by Gasteiger charge is -2.17. The van der Waals surface area contributed by atoms with E-state index in [1.807, 2.05) is 13.8 Å². The number of hydrogen-bond acceptors (Lipinski definition) is 7. The summed E-state index contributed by atoms with van der Waals surface area (Å²) in [5.41, 5.74) is 3.68. The van der Waals surface area contributed by atoms with Crippen LogP contribution in [0.25, 0.3) is 5.78 Å². The zero-order chi connectivity index (χ0) is 24.2. The first kappa shape index (κ1) is 23.2. The Morgan fingerprint density at radius 3 is 2.85 bits per heavy atom. The highest BCUT2D eigenvalue weighted by atomic mass is 32.1. The summed E-state index contributed by atoms with van der Waals surface area (Å²) >= 11 is 1.26. The molecule has 34 heavy (non-hydrogen) atoms. The van der Waals surface area contributed by atoms with Gasteiger partial charge in [0, 0.05) is 35.9 Å². The van der Waals surface area contributed by atoms with Crippen LogP contribution < -0.4 is 10.6 Å². The zero-order valence-electron chi connectivity index (χ0n) is 18.9. The van der Waals surface area contributed by atoms with Crippen molar-refractivity contribution in [2.45, 2.75) is 33.4 Å². The average Bonchev–Trinajstić information content (AvgIpc) is 3.44. The Bertz CT molecular complexity index is 1350. The number of aromatic nitrogens is 5. The first-order valence-electron chi connectivity index (χ1n) is 10.4. The number of nitrogens with one attached hydrogen (secondary N) is 2. The van der Waals surface area contributed by atoms with Gasteiger partial charge in [0.05, 0.1) is 18.7 Å². The molecule has 4 rings (SSSR count). The number of anilines is 1. The summed E-state index contributed by atoms with van der Waals surface area (Å²) in [5.74, 6) is 0.0494. The highest BCUT2D eigenvalue weighted by Gasteiger charge is 2.18. The van der Waals surface area contributed by atoms with E-state index in [1.165, 1.54) is 29.8 Å². The van der Waals surface area contributed by atoms with Crippen LogP contribution >= 0.6 is 11.3 Å². The smallest absolute Gasteiger partial charge is 0.321 e. The van der Waals surface area contributed by atoms with Gasteiger partial charge in [-0.05, 0) is 31.5 Å². The minimum absolute atomic E-state index is 0.0946. The average molecular weight is 483 g/mol. The lowest BCUT2D eigenvalue weighted by Crippen LogP contribution is -2.29. The topological polar surface area (TPSA) is 117 Å². The van der Waals surface area contributed by atoms with E-state index in [4.69, 9.17) is 0 Å². The maximum Gasteiger partial charge on any atom is 0.321 e. The number of likely N-dealkylation sites (N-methyl/N-ethyl adjacent to an activating group) is 1. The van der Waals surface area contributed by atoms with Crippen LogP contribution in [-0.2, 0) is 24.3 Å². The summed E-state index contributed by atoms with van der Waals surface area (Å²) in [7, 11) is 1.70. The van der Waals surface area contributed by atoms with Crippen LogP contribution in [0.5, 0.6) is 0 Å². The van der Waals surface area contributed by atoms with Gasteiger partial charge in [-0.25, -0.2) is 23.7 Å². The van der Waals surface area contributed by atoms with Gasteiger partial charge in [-0.15, -0.1) is 11.3 Å². The van der Waals surface area contributed by atoms with Crippen molar-refractivity contribution >= 4 is 34.2 Å². The number of nitrogens with zero attached hydrogens (tertiary/aromatic N) is 6. The van der Waals surface area contributed by atoms with E-state index in [-0.39, 0.29) is 24.7 Å². The Hall–Kier alpha value is -3.93. The second-order valence-electron chi connectivity index (χ2n) is 7.74. The van der Waals surface area contributed by atoms with E-state index in [1.54, 1.807) is 34.0 Å². The fourth-order valence-electron chi connectivity index (χ4n) is 3.44. The van der Waals surface area contributed by atoms with Crippen LogP contribution in [0, 0.1) is 19.7 Å². The lowest BCUT2D eigenvalue weighted by atomic mass is 10.1.